The van der Waals surface area contributed by atoms with Gasteiger partial charge in [-0.1, -0.05) is 6.07 Å². The highest BCUT2D eigenvalue weighted by Crippen LogP contribution is 2.42. The molecule has 0 aliphatic carbocycles. The summed E-state index contributed by atoms with van der Waals surface area (Å²) in [4.78, 5) is 13.0. The fourth-order valence-corrected chi connectivity index (χ4v) is 3.49. The first kappa shape index (κ1) is 13.0. The first-order valence-electron chi connectivity index (χ1n) is 6.32. The van der Waals surface area contributed by atoms with Gasteiger partial charge in [-0.25, -0.2) is 0 Å². The lowest BCUT2D eigenvalue weighted by Crippen LogP contribution is -2.21. The van der Waals surface area contributed by atoms with Crippen LogP contribution < -0.4 is 14.8 Å². The lowest BCUT2D eigenvalue weighted by Gasteiger charge is -2.23. The minimum atomic E-state index is 0.0516. The molecule has 5 heteroatoms. The quantitative estimate of drug-likeness (QED) is 0.943. The standard InChI is InChI=1S/C15H15NO3S/c1-18-12-4-3-9(7-13(12)19-2)10-8-14(17)16-11-5-6-20-15(10)11/h3-7,10H,8H2,1-2H3,(H,16,17). The molecule has 0 saturated heterocycles. The number of anilines is 1. The van der Waals surface area contributed by atoms with Crippen LogP contribution in [0.5, 0.6) is 11.5 Å². The van der Waals surface area contributed by atoms with Crippen molar-refractivity contribution >= 4 is 22.9 Å². The highest BCUT2D eigenvalue weighted by molar-refractivity contribution is 7.10. The molecule has 1 unspecified atom stereocenters. The van der Waals surface area contributed by atoms with Crippen LogP contribution in [0.2, 0.25) is 0 Å². The van der Waals surface area contributed by atoms with Gasteiger partial charge in [-0.2, -0.15) is 0 Å². The molecule has 0 bridgehead atoms. The first-order chi connectivity index (χ1) is 9.72. The van der Waals surface area contributed by atoms with Crippen LogP contribution in [-0.4, -0.2) is 20.1 Å². The molecule has 4 nitrogen and oxygen atoms in total. The number of hydrogen-bond donors (Lipinski definition) is 1. The minimum Gasteiger partial charge on any atom is -0.493 e. The van der Waals surface area contributed by atoms with E-state index in [9.17, 15) is 4.79 Å². The smallest absolute Gasteiger partial charge is 0.225 e. The first-order valence-corrected chi connectivity index (χ1v) is 7.20. The third kappa shape index (κ3) is 2.14. The van der Waals surface area contributed by atoms with Crippen LogP contribution in [0.15, 0.2) is 29.6 Å². The number of methoxy groups -OCH3 is 2. The maximum atomic E-state index is 11.8. The number of carbonyl (C=O) groups is 1. The van der Waals surface area contributed by atoms with Crippen LogP contribution in [0.1, 0.15) is 22.8 Å². The molecule has 2 heterocycles. The highest BCUT2D eigenvalue weighted by Gasteiger charge is 2.28. The Kier molecular flexibility index (Phi) is 3.36. The van der Waals surface area contributed by atoms with Crippen molar-refractivity contribution in [3.05, 3.63) is 40.1 Å². The predicted molar refractivity (Wildman–Crippen MR) is 79.0 cm³/mol. The summed E-state index contributed by atoms with van der Waals surface area (Å²) in [6, 6.07) is 7.78. The maximum Gasteiger partial charge on any atom is 0.225 e. The Balaban J connectivity index is 2.04. The number of nitrogens with one attached hydrogen (secondary N) is 1. The van der Waals surface area contributed by atoms with Crippen molar-refractivity contribution in [2.45, 2.75) is 12.3 Å². The second-order valence-corrected chi connectivity index (χ2v) is 5.57. The van der Waals surface area contributed by atoms with Gasteiger partial charge in [0.1, 0.15) is 0 Å². The molecule has 1 aliphatic heterocycles. The summed E-state index contributed by atoms with van der Waals surface area (Å²) >= 11 is 1.67. The predicted octanol–water partition coefficient (Wildman–Crippen LogP) is 3.24. The normalized spacial score (nSPS) is 17.3. The molecular weight excluding hydrogens is 274 g/mol. The van der Waals surface area contributed by atoms with E-state index in [0.717, 1.165) is 11.3 Å². The molecular formula is C15H15NO3S. The molecule has 0 radical (unpaired) electrons. The number of benzene rings is 1. The van der Waals surface area contributed by atoms with E-state index in [1.165, 1.54) is 4.88 Å². The van der Waals surface area contributed by atoms with Gasteiger partial charge in [0.25, 0.3) is 0 Å². The zero-order valence-electron chi connectivity index (χ0n) is 11.3. The Bertz CT molecular complexity index is 650. The van der Waals surface area contributed by atoms with Crippen molar-refractivity contribution in [3.63, 3.8) is 0 Å². The molecule has 1 atom stereocenters. The van der Waals surface area contributed by atoms with Crippen molar-refractivity contribution in [2.75, 3.05) is 19.5 Å². The molecule has 0 spiro atoms. The minimum absolute atomic E-state index is 0.0516. The van der Waals surface area contributed by atoms with Crippen LogP contribution in [0.4, 0.5) is 5.69 Å². The summed E-state index contributed by atoms with van der Waals surface area (Å²) in [6.45, 7) is 0. The lowest BCUT2D eigenvalue weighted by atomic mass is 9.90. The van der Waals surface area contributed by atoms with Crippen LogP contribution in [0, 0.1) is 0 Å². The SMILES string of the molecule is COc1ccc(C2CC(=O)Nc3ccsc32)cc1OC. The van der Waals surface area contributed by atoms with Crippen LogP contribution in [-0.2, 0) is 4.79 Å². The Morgan fingerprint density at radius 1 is 1.20 bits per heavy atom. The number of hydrogen-bond acceptors (Lipinski definition) is 4. The van der Waals surface area contributed by atoms with Crippen LogP contribution >= 0.6 is 11.3 Å². The van der Waals surface area contributed by atoms with Crippen molar-refractivity contribution in [1.29, 1.82) is 0 Å². The number of ether oxygens (including phenoxy) is 2. The molecule has 1 aromatic heterocycles. The van der Waals surface area contributed by atoms with E-state index in [1.807, 2.05) is 29.6 Å². The van der Waals surface area contributed by atoms with Crippen molar-refractivity contribution in [2.24, 2.45) is 0 Å². The molecule has 0 fully saturated rings. The van der Waals surface area contributed by atoms with E-state index in [2.05, 4.69) is 5.32 Å². The molecule has 1 amide bonds. The second-order valence-electron chi connectivity index (χ2n) is 4.62. The summed E-state index contributed by atoms with van der Waals surface area (Å²) in [7, 11) is 3.23. The average molecular weight is 289 g/mol. The fraction of sp³-hybridized carbons (Fsp3) is 0.267. The number of fused-ring (bicyclic) bond motifs is 1. The largest absolute Gasteiger partial charge is 0.493 e. The van der Waals surface area contributed by atoms with Gasteiger partial charge in [0.05, 0.1) is 19.9 Å². The Morgan fingerprint density at radius 2 is 2.00 bits per heavy atom. The average Bonchev–Trinajstić information content (AvgIpc) is 2.93. The van der Waals surface area contributed by atoms with E-state index < -0.39 is 0 Å². The van der Waals surface area contributed by atoms with Gasteiger partial charge >= 0.3 is 0 Å². The molecule has 20 heavy (non-hydrogen) atoms. The van der Waals surface area contributed by atoms with Crippen molar-refractivity contribution in [3.8, 4) is 11.5 Å². The van der Waals surface area contributed by atoms with E-state index >= 15 is 0 Å². The van der Waals surface area contributed by atoms with Crippen molar-refractivity contribution in [1.82, 2.24) is 0 Å². The van der Waals surface area contributed by atoms with Gasteiger partial charge in [-0.05, 0) is 29.1 Å². The zero-order valence-corrected chi connectivity index (χ0v) is 12.1. The van der Waals surface area contributed by atoms with Crippen LogP contribution in [0.25, 0.3) is 0 Å². The van der Waals surface area contributed by atoms with Gasteiger partial charge < -0.3 is 14.8 Å². The fourth-order valence-electron chi connectivity index (χ4n) is 2.51. The summed E-state index contributed by atoms with van der Waals surface area (Å²) in [5.41, 5.74) is 1.99. The topological polar surface area (TPSA) is 47.6 Å². The van der Waals surface area contributed by atoms with E-state index in [0.29, 0.717) is 17.9 Å². The Labute approximate surface area is 121 Å². The van der Waals surface area contributed by atoms with Gasteiger partial charge in [0.15, 0.2) is 11.5 Å². The molecule has 1 aromatic carbocycles. The monoisotopic (exact) mass is 289 g/mol. The zero-order chi connectivity index (χ0) is 14.1. The van der Waals surface area contributed by atoms with E-state index in [1.54, 1.807) is 25.6 Å². The van der Waals surface area contributed by atoms with Gasteiger partial charge in [0, 0.05) is 17.2 Å². The Morgan fingerprint density at radius 3 is 2.75 bits per heavy atom. The Hall–Kier alpha value is -2.01. The second kappa shape index (κ2) is 5.17. The number of amides is 1. The van der Waals surface area contributed by atoms with Gasteiger partial charge in [-0.15, -0.1) is 11.3 Å². The van der Waals surface area contributed by atoms with Crippen LogP contribution in [0.3, 0.4) is 0 Å². The van der Waals surface area contributed by atoms with E-state index in [4.69, 9.17) is 9.47 Å². The molecule has 1 aliphatic rings. The summed E-state index contributed by atoms with van der Waals surface area (Å²) in [5.74, 6) is 1.52. The third-order valence-electron chi connectivity index (χ3n) is 3.49. The summed E-state index contributed by atoms with van der Waals surface area (Å²) < 4.78 is 10.6. The van der Waals surface area contributed by atoms with Gasteiger partial charge in [-0.3, -0.25) is 4.79 Å². The number of rotatable bonds is 3. The summed E-state index contributed by atoms with van der Waals surface area (Å²) in [5, 5.41) is 4.91. The van der Waals surface area contributed by atoms with Crippen molar-refractivity contribution < 1.29 is 14.3 Å². The highest BCUT2D eigenvalue weighted by atomic mass is 32.1. The molecule has 0 saturated carbocycles. The molecule has 2 aromatic rings. The molecule has 1 N–H and O–H groups in total. The third-order valence-corrected chi connectivity index (χ3v) is 4.52. The molecule has 104 valence electrons. The van der Waals surface area contributed by atoms with Gasteiger partial charge in [0.2, 0.25) is 5.91 Å². The maximum absolute atomic E-state index is 11.8. The van der Waals surface area contributed by atoms with E-state index in [-0.39, 0.29) is 11.8 Å². The molecule has 3 rings (SSSR count). The lowest BCUT2D eigenvalue weighted by molar-refractivity contribution is -0.116. The number of carbonyl (C=O) groups excluding carboxylic acids is 1. The summed E-state index contributed by atoms with van der Waals surface area (Å²) in [6.07, 6.45) is 0.461. The number of thiophene rings is 1.